The van der Waals surface area contributed by atoms with E-state index in [1.165, 1.54) is 12.1 Å². The Morgan fingerprint density at radius 1 is 0.844 bits per heavy atom. The number of rotatable bonds is 12. The Morgan fingerprint density at radius 2 is 1.44 bits per heavy atom. The molecule has 0 bridgehead atoms. The first-order valence-electron chi connectivity index (χ1n) is 15.2. The number of hydrogen-bond acceptors (Lipinski definition) is 4. The van der Waals surface area contributed by atoms with Gasteiger partial charge in [0.1, 0.15) is 12.6 Å². The van der Waals surface area contributed by atoms with Crippen LogP contribution in [0.3, 0.4) is 0 Å². The van der Waals surface area contributed by atoms with Crippen molar-refractivity contribution in [2.24, 2.45) is 0 Å². The minimum atomic E-state index is -4.12. The Morgan fingerprint density at radius 3 is 2.09 bits per heavy atom. The van der Waals surface area contributed by atoms with Gasteiger partial charge < -0.3 is 10.2 Å². The van der Waals surface area contributed by atoms with E-state index in [0.717, 1.165) is 50.2 Å². The number of hydrogen-bond donors (Lipinski definition) is 1. The number of anilines is 1. The molecule has 1 fully saturated rings. The molecule has 0 radical (unpaired) electrons. The van der Waals surface area contributed by atoms with Gasteiger partial charge in [-0.25, -0.2) is 8.42 Å². The van der Waals surface area contributed by atoms with Gasteiger partial charge in [-0.3, -0.25) is 13.9 Å². The zero-order valence-electron chi connectivity index (χ0n) is 25.3. The molecule has 0 aliphatic heterocycles. The second-order valence-electron chi connectivity index (χ2n) is 11.4. The zero-order chi connectivity index (χ0) is 31.8. The fourth-order valence-corrected chi connectivity index (χ4v) is 7.54. The lowest BCUT2D eigenvalue weighted by Crippen LogP contribution is -2.54. The average Bonchev–Trinajstić information content (AvgIpc) is 3.56. The highest BCUT2D eigenvalue weighted by Gasteiger charge is 2.35. The standard InChI is InChI=1S/C36H38IN3O4S/c1-27-12-8-9-15-29(27)25-39(34(24-28-13-4-2-5-14-28)36(42)38-31-16-10-11-17-31)35(41)26-40(32-22-20-30(37)21-23-32)45(43,44)33-18-6-3-7-19-33/h2-9,12-15,18-23,31,34H,10-11,16-17,24-26H2,1H3,(H,38,42). The normalized spacial score (nSPS) is 14.1. The number of amides is 2. The van der Waals surface area contributed by atoms with Gasteiger partial charge in [-0.1, -0.05) is 85.6 Å². The molecule has 45 heavy (non-hydrogen) atoms. The maximum atomic E-state index is 14.6. The van der Waals surface area contributed by atoms with E-state index in [4.69, 9.17) is 0 Å². The highest BCUT2D eigenvalue weighted by molar-refractivity contribution is 14.1. The molecule has 0 heterocycles. The molecule has 0 aromatic heterocycles. The molecule has 4 aromatic carbocycles. The number of carbonyl (C=O) groups excluding carboxylic acids is 2. The van der Waals surface area contributed by atoms with Gasteiger partial charge in [-0.2, -0.15) is 0 Å². The molecular formula is C36H38IN3O4S. The van der Waals surface area contributed by atoms with E-state index in [0.29, 0.717) is 12.1 Å². The molecule has 1 unspecified atom stereocenters. The Kier molecular flexibility index (Phi) is 10.9. The molecule has 1 N–H and O–H groups in total. The van der Waals surface area contributed by atoms with Crippen molar-refractivity contribution in [3.8, 4) is 0 Å². The Bertz CT molecular complexity index is 1690. The molecule has 5 rings (SSSR count). The van der Waals surface area contributed by atoms with Crippen LogP contribution < -0.4 is 9.62 Å². The van der Waals surface area contributed by atoms with Crippen molar-refractivity contribution >= 4 is 50.1 Å². The number of nitrogens with zero attached hydrogens (tertiary/aromatic N) is 2. The molecule has 2 amide bonds. The molecule has 4 aromatic rings. The lowest BCUT2D eigenvalue weighted by molar-refractivity contribution is -0.140. The van der Waals surface area contributed by atoms with Gasteiger partial charge in [0.25, 0.3) is 10.0 Å². The van der Waals surface area contributed by atoms with Crippen LogP contribution in [-0.2, 0) is 32.6 Å². The van der Waals surface area contributed by atoms with E-state index in [9.17, 15) is 18.0 Å². The summed E-state index contributed by atoms with van der Waals surface area (Å²) >= 11 is 2.16. The van der Waals surface area contributed by atoms with Crippen LogP contribution in [0.1, 0.15) is 42.4 Å². The molecule has 1 aliphatic rings. The van der Waals surface area contributed by atoms with Crippen molar-refractivity contribution in [3.05, 3.63) is 129 Å². The van der Waals surface area contributed by atoms with Crippen molar-refractivity contribution in [2.75, 3.05) is 10.8 Å². The number of nitrogens with one attached hydrogen (secondary N) is 1. The van der Waals surface area contributed by atoms with Crippen molar-refractivity contribution in [3.63, 3.8) is 0 Å². The fourth-order valence-electron chi connectivity index (χ4n) is 5.75. The van der Waals surface area contributed by atoms with Crippen molar-refractivity contribution in [1.82, 2.24) is 10.2 Å². The highest BCUT2D eigenvalue weighted by Crippen LogP contribution is 2.26. The van der Waals surface area contributed by atoms with Crippen LogP contribution in [0.5, 0.6) is 0 Å². The Hall–Kier alpha value is -3.70. The second kappa shape index (κ2) is 15.1. The van der Waals surface area contributed by atoms with Crippen molar-refractivity contribution < 1.29 is 18.0 Å². The van der Waals surface area contributed by atoms with Gasteiger partial charge in [0.15, 0.2) is 0 Å². The maximum absolute atomic E-state index is 14.6. The largest absolute Gasteiger partial charge is 0.352 e. The van der Waals surface area contributed by atoms with Gasteiger partial charge in [-0.05, 0) is 95.4 Å². The third kappa shape index (κ3) is 8.32. The molecule has 1 atom stereocenters. The van der Waals surface area contributed by atoms with Gasteiger partial charge in [0.2, 0.25) is 11.8 Å². The summed E-state index contributed by atoms with van der Waals surface area (Å²) in [5, 5.41) is 3.22. The number of aryl methyl sites for hydroxylation is 1. The van der Waals surface area contributed by atoms with Crippen LogP contribution >= 0.6 is 22.6 Å². The van der Waals surface area contributed by atoms with Crippen LogP contribution in [0.4, 0.5) is 5.69 Å². The first-order chi connectivity index (χ1) is 21.7. The third-order valence-electron chi connectivity index (χ3n) is 8.30. The Labute approximate surface area is 279 Å². The predicted molar refractivity (Wildman–Crippen MR) is 186 cm³/mol. The smallest absolute Gasteiger partial charge is 0.264 e. The third-order valence-corrected chi connectivity index (χ3v) is 10.8. The SMILES string of the molecule is Cc1ccccc1CN(C(=O)CN(c1ccc(I)cc1)S(=O)(=O)c1ccccc1)C(Cc1ccccc1)C(=O)NC1CCCC1. The lowest BCUT2D eigenvalue weighted by atomic mass is 10.0. The van der Waals surface area contributed by atoms with Gasteiger partial charge in [-0.15, -0.1) is 0 Å². The first kappa shape index (κ1) is 32.7. The van der Waals surface area contributed by atoms with Crippen molar-refractivity contribution in [2.45, 2.75) is 62.6 Å². The molecule has 9 heteroatoms. The van der Waals surface area contributed by atoms with E-state index in [2.05, 4.69) is 27.9 Å². The summed E-state index contributed by atoms with van der Waals surface area (Å²) in [6, 6.07) is 31.8. The average molecular weight is 736 g/mol. The minimum Gasteiger partial charge on any atom is -0.352 e. The molecular weight excluding hydrogens is 697 g/mol. The van der Waals surface area contributed by atoms with Crippen LogP contribution in [0.15, 0.2) is 114 Å². The fraction of sp³-hybridized carbons (Fsp3) is 0.278. The molecule has 0 saturated heterocycles. The summed E-state index contributed by atoms with van der Waals surface area (Å²) in [4.78, 5) is 30.4. The monoisotopic (exact) mass is 735 g/mol. The molecule has 7 nitrogen and oxygen atoms in total. The van der Waals surface area contributed by atoms with E-state index in [1.807, 2.05) is 73.7 Å². The molecule has 1 saturated carbocycles. The zero-order valence-corrected chi connectivity index (χ0v) is 28.3. The first-order valence-corrected chi connectivity index (χ1v) is 17.8. The van der Waals surface area contributed by atoms with Gasteiger partial charge >= 0.3 is 0 Å². The number of sulfonamides is 1. The van der Waals surface area contributed by atoms with Crippen LogP contribution in [0.25, 0.3) is 0 Å². The summed E-state index contributed by atoms with van der Waals surface area (Å²) in [6.45, 7) is 1.67. The van der Waals surface area contributed by atoms with E-state index < -0.39 is 28.5 Å². The maximum Gasteiger partial charge on any atom is 0.264 e. The van der Waals surface area contributed by atoms with E-state index in [-0.39, 0.29) is 23.4 Å². The second-order valence-corrected chi connectivity index (χ2v) is 14.6. The summed E-state index contributed by atoms with van der Waals surface area (Å²) in [5.41, 5.74) is 3.16. The van der Waals surface area contributed by atoms with Crippen molar-refractivity contribution in [1.29, 1.82) is 0 Å². The number of benzene rings is 4. The van der Waals surface area contributed by atoms with Gasteiger partial charge in [0, 0.05) is 22.6 Å². The summed E-state index contributed by atoms with van der Waals surface area (Å²) in [5.74, 6) is -0.682. The number of halogens is 1. The van der Waals surface area contributed by atoms with E-state index in [1.54, 1.807) is 35.2 Å². The predicted octanol–water partition coefficient (Wildman–Crippen LogP) is 6.49. The van der Waals surface area contributed by atoms with Gasteiger partial charge in [0.05, 0.1) is 10.6 Å². The minimum absolute atomic E-state index is 0.0629. The molecule has 234 valence electrons. The summed E-state index contributed by atoms with van der Waals surface area (Å²) in [6.07, 6.45) is 4.23. The summed E-state index contributed by atoms with van der Waals surface area (Å²) < 4.78 is 30.3. The number of carbonyl (C=O) groups is 2. The van der Waals surface area contributed by atoms with E-state index >= 15 is 0 Å². The quantitative estimate of drug-likeness (QED) is 0.169. The topological polar surface area (TPSA) is 86.8 Å². The summed E-state index contributed by atoms with van der Waals surface area (Å²) in [7, 11) is -4.12. The molecule has 0 spiro atoms. The Balaban J connectivity index is 1.56. The molecule has 1 aliphatic carbocycles. The lowest BCUT2D eigenvalue weighted by Gasteiger charge is -2.34. The van der Waals surface area contributed by atoms with Crippen LogP contribution in [0, 0.1) is 10.5 Å². The highest BCUT2D eigenvalue weighted by atomic mass is 127. The van der Waals surface area contributed by atoms with Crippen LogP contribution in [0.2, 0.25) is 0 Å². The van der Waals surface area contributed by atoms with Crippen LogP contribution in [-0.4, -0.2) is 43.8 Å².